The first kappa shape index (κ1) is 28.5. The minimum atomic E-state index is -0.945. The molecular weight excluding hydrogens is 563 g/mol. The number of benzene rings is 2. The summed E-state index contributed by atoms with van der Waals surface area (Å²) in [5.41, 5.74) is 2.73. The largest absolute Gasteiger partial charge is 0.478 e. The van der Waals surface area contributed by atoms with E-state index in [4.69, 9.17) is 19.4 Å². The van der Waals surface area contributed by atoms with Crippen LogP contribution in [0.1, 0.15) is 64.2 Å². The fourth-order valence-corrected chi connectivity index (χ4v) is 6.13. The fourth-order valence-electron chi connectivity index (χ4n) is 6.13. The number of carbonyl (C=O) groups is 2. The Bertz CT molecular complexity index is 1710. The second-order valence-electron chi connectivity index (χ2n) is 12.1. The molecule has 7 rings (SSSR count). The number of imidazole rings is 1. The van der Waals surface area contributed by atoms with Crippen molar-refractivity contribution in [3.63, 3.8) is 0 Å². The number of anilines is 1. The molecule has 1 aliphatic carbocycles. The Labute approximate surface area is 254 Å². The standard InChI is InChI=1S/C34H35FN4O5/c35-27-17-23(33(40)22-4-5-22)6-7-25(27)20-44-32-3-1-2-30(37-32)38-13-10-21(11-14-38)16-31-36-28-9-8-24(34(41)42)18-29(28)39(31)19-26-12-15-43-26/h1-3,6-9,17-18,21-22,26H,4-5,10-16,19-20H2,(H,41,42). The zero-order chi connectivity index (χ0) is 30.2. The second-order valence-corrected chi connectivity index (χ2v) is 12.1. The van der Waals surface area contributed by atoms with Crippen LogP contribution in [0.3, 0.4) is 0 Å². The van der Waals surface area contributed by atoms with E-state index in [0.29, 0.717) is 29.5 Å². The lowest BCUT2D eigenvalue weighted by molar-refractivity contribution is -0.0590. The van der Waals surface area contributed by atoms with Crippen molar-refractivity contribution in [1.82, 2.24) is 14.5 Å². The van der Waals surface area contributed by atoms with Crippen molar-refractivity contribution in [1.29, 1.82) is 0 Å². The molecule has 2 saturated heterocycles. The van der Waals surface area contributed by atoms with Crippen LogP contribution in [0.2, 0.25) is 0 Å². The van der Waals surface area contributed by atoms with Gasteiger partial charge in [0.1, 0.15) is 24.1 Å². The van der Waals surface area contributed by atoms with Crippen LogP contribution in [-0.4, -0.2) is 57.2 Å². The first-order valence-electron chi connectivity index (χ1n) is 15.4. The number of fused-ring (bicyclic) bond motifs is 1. The lowest BCUT2D eigenvalue weighted by atomic mass is 9.93. The number of carbonyl (C=O) groups excluding carboxylic acids is 1. The van der Waals surface area contributed by atoms with Crippen LogP contribution in [0.5, 0.6) is 5.88 Å². The molecule has 1 unspecified atom stereocenters. The Morgan fingerprint density at radius 1 is 0.977 bits per heavy atom. The van der Waals surface area contributed by atoms with E-state index < -0.39 is 11.8 Å². The number of carboxylic acids is 1. The monoisotopic (exact) mass is 598 g/mol. The highest BCUT2D eigenvalue weighted by Gasteiger charge is 2.31. The SMILES string of the molecule is O=C(O)c1ccc2nc(CC3CCN(c4cccc(OCc5ccc(C(=O)C6CC6)cc5F)n4)CC3)n(CC3CCO3)c2c1. The zero-order valence-electron chi connectivity index (χ0n) is 24.5. The molecule has 44 heavy (non-hydrogen) atoms. The highest BCUT2D eigenvalue weighted by atomic mass is 19.1. The molecule has 2 aromatic heterocycles. The Hall–Kier alpha value is -4.31. The number of carboxylic acid groups (broad SMARTS) is 1. The third-order valence-electron chi connectivity index (χ3n) is 9.03. The quantitative estimate of drug-likeness (QED) is 0.220. The molecule has 4 aromatic rings. The van der Waals surface area contributed by atoms with Crippen molar-refractivity contribution in [2.45, 2.75) is 57.8 Å². The number of ketones is 1. The third-order valence-corrected chi connectivity index (χ3v) is 9.03. The molecule has 2 aliphatic heterocycles. The molecule has 1 atom stereocenters. The predicted molar refractivity (Wildman–Crippen MR) is 162 cm³/mol. The number of aromatic carboxylic acids is 1. The van der Waals surface area contributed by atoms with E-state index in [-0.39, 0.29) is 30.0 Å². The highest BCUT2D eigenvalue weighted by Crippen LogP contribution is 2.33. The molecule has 0 bridgehead atoms. The van der Waals surface area contributed by atoms with Gasteiger partial charge in [-0.2, -0.15) is 4.98 Å². The molecule has 0 radical (unpaired) electrons. The van der Waals surface area contributed by atoms with Crippen LogP contribution >= 0.6 is 0 Å². The van der Waals surface area contributed by atoms with Crippen LogP contribution < -0.4 is 9.64 Å². The van der Waals surface area contributed by atoms with Gasteiger partial charge in [0.25, 0.3) is 0 Å². The maximum atomic E-state index is 14.7. The minimum Gasteiger partial charge on any atom is -0.478 e. The van der Waals surface area contributed by atoms with E-state index in [1.165, 1.54) is 6.07 Å². The number of Topliss-reactive ketones (excluding diaryl/α,β-unsaturated/α-hetero) is 1. The number of rotatable bonds is 11. The molecule has 3 fully saturated rings. The van der Waals surface area contributed by atoms with E-state index in [9.17, 15) is 19.1 Å². The molecule has 4 heterocycles. The number of hydrogen-bond donors (Lipinski definition) is 1. The van der Waals surface area contributed by atoms with Gasteiger partial charge in [-0.15, -0.1) is 0 Å². The van der Waals surface area contributed by atoms with E-state index >= 15 is 0 Å². The molecule has 1 N–H and O–H groups in total. The average Bonchev–Trinajstić information content (AvgIpc) is 3.81. The summed E-state index contributed by atoms with van der Waals surface area (Å²) in [6.45, 7) is 3.14. The highest BCUT2D eigenvalue weighted by molar-refractivity contribution is 5.99. The Morgan fingerprint density at radius 2 is 1.77 bits per heavy atom. The summed E-state index contributed by atoms with van der Waals surface area (Å²) < 4.78 is 28.4. The molecule has 228 valence electrons. The van der Waals surface area contributed by atoms with Crippen LogP contribution in [0.25, 0.3) is 11.0 Å². The Kier molecular flexibility index (Phi) is 7.76. The summed E-state index contributed by atoms with van der Waals surface area (Å²) in [5.74, 6) is 1.34. The lowest BCUT2D eigenvalue weighted by Gasteiger charge is -2.33. The van der Waals surface area contributed by atoms with Gasteiger partial charge in [-0.3, -0.25) is 4.79 Å². The minimum absolute atomic E-state index is 0.0192. The van der Waals surface area contributed by atoms with E-state index in [2.05, 4.69) is 9.47 Å². The van der Waals surface area contributed by atoms with Crippen LogP contribution in [-0.2, 0) is 24.3 Å². The molecule has 9 nitrogen and oxygen atoms in total. The molecule has 1 saturated carbocycles. The predicted octanol–water partition coefficient (Wildman–Crippen LogP) is 5.69. The van der Waals surface area contributed by atoms with Crippen molar-refractivity contribution in [3.05, 3.63) is 82.9 Å². The number of pyridine rings is 1. The van der Waals surface area contributed by atoms with Crippen LogP contribution in [0.4, 0.5) is 10.2 Å². The topological polar surface area (TPSA) is 107 Å². The van der Waals surface area contributed by atoms with Crippen molar-refractivity contribution in [3.8, 4) is 5.88 Å². The number of ether oxygens (including phenoxy) is 2. The van der Waals surface area contributed by atoms with Gasteiger partial charge in [0, 0.05) is 49.2 Å². The number of hydrogen-bond acceptors (Lipinski definition) is 7. The number of nitrogens with zero attached hydrogens (tertiary/aromatic N) is 4. The third kappa shape index (κ3) is 6.04. The zero-order valence-corrected chi connectivity index (χ0v) is 24.5. The van der Waals surface area contributed by atoms with E-state index in [1.54, 1.807) is 36.4 Å². The fraction of sp³-hybridized carbons (Fsp3) is 0.412. The summed E-state index contributed by atoms with van der Waals surface area (Å²) in [4.78, 5) is 35.7. The average molecular weight is 599 g/mol. The molecule has 0 amide bonds. The molecule has 10 heteroatoms. The lowest BCUT2D eigenvalue weighted by Crippen LogP contribution is -2.35. The maximum absolute atomic E-state index is 14.7. The van der Waals surface area contributed by atoms with Crippen molar-refractivity contribution < 1.29 is 28.6 Å². The van der Waals surface area contributed by atoms with E-state index in [1.807, 2.05) is 12.1 Å². The van der Waals surface area contributed by atoms with Gasteiger partial charge in [0.2, 0.25) is 5.88 Å². The Morgan fingerprint density at radius 3 is 2.48 bits per heavy atom. The summed E-state index contributed by atoms with van der Waals surface area (Å²) in [7, 11) is 0. The number of piperidine rings is 1. The van der Waals surface area contributed by atoms with Gasteiger partial charge in [0.15, 0.2) is 5.78 Å². The molecule has 3 aliphatic rings. The van der Waals surface area contributed by atoms with Gasteiger partial charge in [0.05, 0.1) is 29.2 Å². The molecule has 0 spiro atoms. The summed E-state index contributed by atoms with van der Waals surface area (Å²) in [6, 6.07) is 15.4. The molecular formula is C34H35FN4O5. The Balaban J connectivity index is 0.979. The smallest absolute Gasteiger partial charge is 0.335 e. The first-order chi connectivity index (χ1) is 21.4. The van der Waals surface area contributed by atoms with Crippen LogP contribution in [0, 0.1) is 17.7 Å². The normalized spacial score (nSPS) is 18.8. The van der Waals surface area contributed by atoms with Gasteiger partial charge in [-0.25, -0.2) is 14.2 Å². The summed E-state index contributed by atoms with van der Waals surface area (Å²) >= 11 is 0. The van der Waals surface area contributed by atoms with Crippen molar-refractivity contribution >= 4 is 28.6 Å². The van der Waals surface area contributed by atoms with Gasteiger partial charge >= 0.3 is 5.97 Å². The van der Waals surface area contributed by atoms with Gasteiger partial charge in [-0.05, 0) is 68.4 Å². The van der Waals surface area contributed by atoms with Crippen molar-refractivity contribution in [2.75, 3.05) is 24.6 Å². The summed E-state index contributed by atoms with van der Waals surface area (Å²) in [5, 5.41) is 9.52. The first-order valence-corrected chi connectivity index (χ1v) is 15.4. The van der Waals surface area contributed by atoms with Crippen LogP contribution in [0.15, 0.2) is 54.6 Å². The van der Waals surface area contributed by atoms with E-state index in [0.717, 1.165) is 80.9 Å². The van der Waals surface area contributed by atoms with Gasteiger partial charge in [-0.1, -0.05) is 18.2 Å². The van der Waals surface area contributed by atoms with Gasteiger partial charge < -0.3 is 24.0 Å². The van der Waals surface area contributed by atoms with Crippen molar-refractivity contribution in [2.24, 2.45) is 11.8 Å². The maximum Gasteiger partial charge on any atom is 0.335 e. The number of aromatic nitrogens is 3. The summed E-state index contributed by atoms with van der Waals surface area (Å²) in [6.07, 6.45) is 5.65. The second kappa shape index (κ2) is 12.0. The number of halogens is 1. The molecule has 2 aromatic carbocycles.